The highest BCUT2D eigenvalue weighted by atomic mass is 32.1. The Morgan fingerprint density at radius 3 is 2.61 bits per heavy atom. The monoisotopic (exact) mass is 438 g/mol. The lowest BCUT2D eigenvalue weighted by Crippen LogP contribution is -2.29. The van der Waals surface area contributed by atoms with Crippen molar-refractivity contribution in [3.8, 4) is 10.4 Å². The molecule has 0 aliphatic carbocycles. The van der Waals surface area contributed by atoms with Gasteiger partial charge in [-0.05, 0) is 50.2 Å². The van der Waals surface area contributed by atoms with Crippen LogP contribution in [-0.4, -0.2) is 44.5 Å². The van der Waals surface area contributed by atoms with Crippen LogP contribution in [-0.2, 0) is 11.2 Å². The van der Waals surface area contributed by atoms with E-state index in [4.69, 9.17) is 0 Å². The summed E-state index contributed by atoms with van der Waals surface area (Å²) in [5, 5.41) is 15.8. The van der Waals surface area contributed by atoms with E-state index in [9.17, 15) is 4.79 Å². The molecule has 1 saturated heterocycles. The zero-order valence-electron chi connectivity index (χ0n) is 18.3. The summed E-state index contributed by atoms with van der Waals surface area (Å²) >= 11 is 1.76. The molecular weight excluding hydrogens is 408 g/mol. The van der Waals surface area contributed by atoms with Crippen LogP contribution in [0.15, 0.2) is 30.5 Å². The van der Waals surface area contributed by atoms with Crippen LogP contribution in [0.5, 0.6) is 0 Å². The summed E-state index contributed by atoms with van der Waals surface area (Å²) in [6.07, 6.45) is 8.30. The van der Waals surface area contributed by atoms with Gasteiger partial charge in [0.1, 0.15) is 5.78 Å². The molecule has 0 saturated carbocycles. The third-order valence-electron chi connectivity index (χ3n) is 6.12. The van der Waals surface area contributed by atoms with Crippen molar-refractivity contribution in [2.45, 2.75) is 58.3 Å². The molecule has 7 nitrogen and oxygen atoms in total. The number of anilines is 1. The van der Waals surface area contributed by atoms with Gasteiger partial charge in [0, 0.05) is 31.1 Å². The van der Waals surface area contributed by atoms with E-state index in [1.807, 2.05) is 6.20 Å². The number of thiazole rings is 1. The molecule has 1 N–H and O–H groups in total. The summed E-state index contributed by atoms with van der Waals surface area (Å²) in [5.41, 5.74) is 2.35. The lowest BCUT2D eigenvalue weighted by Gasteiger charge is -2.25. The molecule has 0 radical (unpaired) electrons. The van der Waals surface area contributed by atoms with Crippen molar-refractivity contribution in [3.05, 3.63) is 41.9 Å². The van der Waals surface area contributed by atoms with Crippen molar-refractivity contribution >= 4 is 22.3 Å². The normalized spacial score (nSPS) is 16.3. The van der Waals surface area contributed by atoms with Crippen LogP contribution in [0.25, 0.3) is 10.4 Å². The minimum absolute atomic E-state index is 0.0730. The Kier molecular flexibility index (Phi) is 7.06. The van der Waals surface area contributed by atoms with Crippen molar-refractivity contribution in [2.75, 3.05) is 18.0 Å². The summed E-state index contributed by atoms with van der Waals surface area (Å²) < 4.78 is 0. The van der Waals surface area contributed by atoms with E-state index < -0.39 is 0 Å². The number of hydrogen-bond acceptors (Lipinski definition) is 7. The van der Waals surface area contributed by atoms with Crippen LogP contribution >= 0.6 is 11.3 Å². The molecular formula is C23H30N6OS. The zero-order valence-corrected chi connectivity index (χ0v) is 19.1. The van der Waals surface area contributed by atoms with E-state index in [0.29, 0.717) is 12.2 Å². The topological polar surface area (TPSA) is 87.7 Å². The first-order valence-electron chi connectivity index (χ1n) is 11.2. The number of nitrogens with one attached hydrogen (secondary N) is 1. The number of ketones is 1. The van der Waals surface area contributed by atoms with E-state index in [2.05, 4.69) is 61.7 Å². The maximum absolute atomic E-state index is 12.3. The van der Waals surface area contributed by atoms with Gasteiger partial charge in [-0.1, -0.05) is 54.2 Å². The number of carbonyl (C=O) groups is 1. The molecule has 3 aromatic rings. The molecule has 2 atom stereocenters. The Morgan fingerprint density at radius 2 is 1.97 bits per heavy atom. The number of Topliss-reactive ketones (excluding diaryl/α,β-unsaturated/α-hetero) is 1. The lowest BCUT2D eigenvalue weighted by atomic mass is 9.81. The fourth-order valence-corrected chi connectivity index (χ4v) is 5.40. The largest absolute Gasteiger partial charge is 0.348 e. The van der Waals surface area contributed by atoms with Gasteiger partial charge in [0.2, 0.25) is 0 Å². The molecule has 0 unspecified atom stereocenters. The van der Waals surface area contributed by atoms with E-state index in [-0.39, 0.29) is 17.6 Å². The quantitative estimate of drug-likeness (QED) is 0.523. The molecule has 3 heterocycles. The van der Waals surface area contributed by atoms with Gasteiger partial charge in [-0.15, -0.1) is 10.2 Å². The van der Waals surface area contributed by atoms with E-state index in [1.54, 1.807) is 18.3 Å². The Bertz CT molecular complexity index is 962. The van der Waals surface area contributed by atoms with Crippen LogP contribution in [0, 0.1) is 5.92 Å². The van der Waals surface area contributed by atoms with Gasteiger partial charge in [-0.2, -0.15) is 5.21 Å². The number of aromatic nitrogens is 5. The molecule has 8 heteroatoms. The van der Waals surface area contributed by atoms with Crippen LogP contribution in [0.1, 0.15) is 63.3 Å². The highest BCUT2D eigenvalue weighted by Gasteiger charge is 2.29. The van der Waals surface area contributed by atoms with Crippen LogP contribution in [0.3, 0.4) is 0 Å². The second-order valence-corrected chi connectivity index (χ2v) is 9.35. The molecule has 1 aliphatic rings. The first-order chi connectivity index (χ1) is 15.2. The molecule has 164 valence electrons. The smallest absolute Gasteiger partial charge is 0.185 e. The molecule has 2 aromatic heterocycles. The van der Waals surface area contributed by atoms with Crippen molar-refractivity contribution in [3.63, 3.8) is 0 Å². The highest BCUT2D eigenvalue weighted by Crippen LogP contribution is 2.34. The van der Waals surface area contributed by atoms with E-state index >= 15 is 0 Å². The molecule has 1 aromatic carbocycles. The molecule has 31 heavy (non-hydrogen) atoms. The summed E-state index contributed by atoms with van der Waals surface area (Å²) in [6, 6.07) is 8.59. The summed E-state index contributed by atoms with van der Waals surface area (Å²) in [4.78, 5) is 20.6. The zero-order chi connectivity index (χ0) is 21.6. The van der Waals surface area contributed by atoms with Gasteiger partial charge in [-0.3, -0.25) is 4.79 Å². The minimum Gasteiger partial charge on any atom is -0.348 e. The minimum atomic E-state index is -0.101. The van der Waals surface area contributed by atoms with Crippen molar-refractivity contribution < 1.29 is 4.79 Å². The third-order valence-corrected chi connectivity index (χ3v) is 7.22. The Morgan fingerprint density at radius 1 is 1.19 bits per heavy atom. The molecule has 1 aliphatic heterocycles. The SMILES string of the molecule is CCC[C@H](C(C)=O)[C@H](Cc1ccc(-c2cnc(N3CCCCC3)s2)cc1)c1nn[nH]n1. The third kappa shape index (κ3) is 5.18. The van der Waals surface area contributed by atoms with Crippen LogP contribution in [0.2, 0.25) is 0 Å². The van der Waals surface area contributed by atoms with Gasteiger partial charge >= 0.3 is 0 Å². The fourth-order valence-electron chi connectivity index (χ4n) is 4.43. The molecule has 1 fully saturated rings. The van der Waals surface area contributed by atoms with Crippen molar-refractivity contribution in [1.29, 1.82) is 0 Å². The fraction of sp³-hybridized carbons (Fsp3) is 0.522. The number of carbonyl (C=O) groups excluding carboxylic acids is 1. The van der Waals surface area contributed by atoms with Crippen LogP contribution in [0.4, 0.5) is 5.13 Å². The Balaban J connectivity index is 1.50. The number of rotatable bonds is 9. The average molecular weight is 439 g/mol. The second kappa shape index (κ2) is 10.1. The molecule has 0 bridgehead atoms. The van der Waals surface area contributed by atoms with Gasteiger partial charge in [0.05, 0.1) is 4.88 Å². The number of H-pyrrole nitrogens is 1. The summed E-state index contributed by atoms with van der Waals surface area (Å²) in [7, 11) is 0. The summed E-state index contributed by atoms with van der Waals surface area (Å²) in [6.45, 7) is 5.99. The number of aromatic amines is 1. The molecule has 0 amide bonds. The van der Waals surface area contributed by atoms with Gasteiger partial charge in [-0.25, -0.2) is 4.98 Å². The predicted molar refractivity (Wildman–Crippen MR) is 123 cm³/mol. The number of piperidine rings is 1. The van der Waals surface area contributed by atoms with E-state index in [0.717, 1.165) is 31.1 Å². The number of hydrogen-bond donors (Lipinski definition) is 1. The Hall–Kier alpha value is -2.61. The standard InChI is InChI=1S/C23H30N6OS/c1-3-7-19(16(2)30)20(22-25-27-28-26-22)14-17-8-10-18(11-9-17)21-15-24-23(31-21)29-12-5-4-6-13-29/h8-11,15,19-20H,3-7,12-14H2,1-2H3,(H,25,26,27,28)/t19-,20+/m1/s1. The predicted octanol–water partition coefficient (Wildman–Crippen LogP) is 4.65. The second-order valence-electron chi connectivity index (χ2n) is 8.34. The van der Waals surface area contributed by atoms with E-state index in [1.165, 1.54) is 35.3 Å². The maximum Gasteiger partial charge on any atom is 0.185 e. The highest BCUT2D eigenvalue weighted by molar-refractivity contribution is 7.18. The molecule has 0 spiro atoms. The van der Waals surface area contributed by atoms with Gasteiger partial charge in [0.25, 0.3) is 0 Å². The number of benzene rings is 1. The first kappa shape index (κ1) is 21.6. The van der Waals surface area contributed by atoms with Gasteiger partial charge in [0.15, 0.2) is 11.0 Å². The summed E-state index contributed by atoms with van der Waals surface area (Å²) in [5.74, 6) is 0.626. The molecule has 4 rings (SSSR count). The Labute approximate surface area is 187 Å². The number of nitrogens with zero attached hydrogens (tertiary/aromatic N) is 5. The lowest BCUT2D eigenvalue weighted by molar-refractivity contribution is -0.121. The van der Waals surface area contributed by atoms with Crippen molar-refractivity contribution in [1.82, 2.24) is 25.6 Å². The van der Waals surface area contributed by atoms with Gasteiger partial charge < -0.3 is 4.90 Å². The van der Waals surface area contributed by atoms with Crippen LogP contribution < -0.4 is 4.90 Å². The average Bonchev–Trinajstić information content (AvgIpc) is 3.50. The number of tetrazole rings is 1. The maximum atomic E-state index is 12.3. The first-order valence-corrected chi connectivity index (χ1v) is 12.0. The van der Waals surface area contributed by atoms with Crippen molar-refractivity contribution in [2.24, 2.45) is 5.92 Å².